The van der Waals surface area contributed by atoms with E-state index >= 15 is 0 Å². The van der Waals surface area contributed by atoms with Crippen molar-refractivity contribution >= 4 is 0 Å². The zero-order valence-corrected chi connectivity index (χ0v) is 7.49. The van der Waals surface area contributed by atoms with Crippen LogP contribution in [0.25, 0.3) is 0 Å². The summed E-state index contributed by atoms with van der Waals surface area (Å²) in [6, 6.07) is 0.121. The van der Waals surface area contributed by atoms with Gasteiger partial charge in [-0.2, -0.15) is 0 Å². The average Bonchev–Trinajstić information content (AvgIpc) is 2.09. The van der Waals surface area contributed by atoms with Crippen LogP contribution in [0.5, 0.6) is 0 Å². The van der Waals surface area contributed by atoms with E-state index in [0.717, 1.165) is 13.0 Å². The Bertz CT molecular complexity index is 121. The second kappa shape index (κ2) is 5.48. The molecular weight excluding hydrogens is 158 g/mol. The van der Waals surface area contributed by atoms with Gasteiger partial charge in [0.2, 0.25) is 0 Å². The van der Waals surface area contributed by atoms with Gasteiger partial charge in [-0.05, 0) is 6.42 Å². The maximum atomic E-state index is 5.82. The molecule has 1 fully saturated rings. The number of methoxy groups -OCH3 is 1. The first-order chi connectivity index (χ1) is 5.84. The molecule has 72 valence electrons. The Hall–Kier alpha value is -0.160. The van der Waals surface area contributed by atoms with Crippen molar-refractivity contribution in [3.63, 3.8) is 0 Å². The van der Waals surface area contributed by atoms with Gasteiger partial charge in [-0.3, -0.25) is 0 Å². The second-order valence-electron chi connectivity index (χ2n) is 2.93. The van der Waals surface area contributed by atoms with E-state index in [9.17, 15) is 0 Å². The molecule has 1 rings (SSSR count). The van der Waals surface area contributed by atoms with Gasteiger partial charge in [-0.1, -0.05) is 0 Å². The quantitative estimate of drug-likeness (QED) is 0.599. The fourth-order valence-corrected chi connectivity index (χ4v) is 1.18. The van der Waals surface area contributed by atoms with E-state index in [1.54, 1.807) is 7.11 Å². The first-order valence-corrected chi connectivity index (χ1v) is 4.28. The predicted molar refractivity (Wildman–Crippen MR) is 45.0 cm³/mol. The maximum absolute atomic E-state index is 5.82. The monoisotopic (exact) mass is 175 g/mol. The molecular formula is C8H17NO3. The van der Waals surface area contributed by atoms with Crippen molar-refractivity contribution in [3.8, 4) is 0 Å². The molecule has 0 aliphatic carbocycles. The zero-order valence-electron chi connectivity index (χ0n) is 7.49. The molecule has 0 saturated carbocycles. The first-order valence-electron chi connectivity index (χ1n) is 4.28. The van der Waals surface area contributed by atoms with Gasteiger partial charge >= 0.3 is 0 Å². The van der Waals surface area contributed by atoms with Crippen molar-refractivity contribution < 1.29 is 14.2 Å². The third-order valence-corrected chi connectivity index (χ3v) is 1.97. The van der Waals surface area contributed by atoms with E-state index in [2.05, 4.69) is 0 Å². The standard InChI is InChI=1S/C8H17NO3/c1-10-4-5-12-8-6-11-3-2-7(8)9/h7-8H,2-6,9H2,1H3/t7-,8+/m1/s1. The van der Waals surface area contributed by atoms with Crippen LogP contribution in [0.1, 0.15) is 6.42 Å². The van der Waals surface area contributed by atoms with Crippen LogP contribution in [0, 0.1) is 0 Å². The number of ether oxygens (including phenoxy) is 3. The fraction of sp³-hybridized carbons (Fsp3) is 1.00. The summed E-state index contributed by atoms with van der Waals surface area (Å²) in [6.45, 7) is 2.58. The van der Waals surface area contributed by atoms with E-state index < -0.39 is 0 Å². The normalized spacial score (nSPS) is 30.5. The minimum atomic E-state index is 0.0499. The highest BCUT2D eigenvalue weighted by atomic mass is 16.6. The highest BCUT2D eigenvalue weighted by molar-refractivity contribution is 4.76. The Morgan fingerprint density at radius 3 is 3.00 bits per heavy atom. The van der Waals surface area contributed by atoms with E-state index in [4.69, 9.17) is 19.9 Å². The molecule has 0 unspecified atom stereocenters. The molecule has 0 aromatic carbocycles. The summed E-state index contributed by atoms with van der Waals surface area (Å²) < 4.78 is 15.6. The molecule has 1 saturated heterocycles. The lowest BCUT2D eigenvalue weighted by atomic mass is 10.1. The number of hydrogen-bond acceptors (Lipinski definition) is 4. The summed E-state index contributed by atoms with van der Waals surface area (Å²) >= 11 is 0. The van der Waals surface area contributed by atoms with Crippen molar-refractivity contribution in [2.45, 2.75) is 18.6 Å². The lowest BCUT2D eigenvalue weighted by Gasteiger charge is -2.28. The van der Waals surface area contributed by atoms with Crippen LogP contribution in [-0.2, 0) is 14.2 Å². The molecule has 0 amide bonds. The molecule has 1 aliphatic heterocycles. The Kier molecular flexibility index (Phi) is 4.53. The van der Waals surface area contributed by atoms with Crippen molar-refractivity contribution in [1.82, 2.24) is 0 Å². The van der Waals surface area contributed by atoms with E-state index in [-0.39, 0.29) is 12.1 Å². The molecule has 0 radical (unpaired) electrons. The van der Waals surface area contributed by atoms with Gasteiger partial charge in [-0.25, -0.2) is 0 Å². The lowest BCUT2D eigenvalue weighted by Crippen LogP contribution is -2.45. The largest absolute Gasteiger partial charge is 0.382 e. The summed E-state index contributed by atoms with van der Waals surface area (Å²) in [7, 11) is 1.65. The van der Waals surface area contributed by atoms with Crippen LogP contribution in [0.4, 0.5) is 0 Å². The Labute approximate surface area is 73.0 Å². The van der Waals surface area contributed by atoms with Crippen LogP contribution in [0.2, 0.25) is 0 Å². The lowest BCUT2D eigenvalue weighted by molar-refractivity contribution is -0.0712. The van der Waals surface area contributed by atoms with Gasteiger partial charge in [0.05, 0.1) is 25.9 Å². The van der Waals surface area contributed by atoms with Crippen LogP contribution < -0.4 is 5.73 Å². The van der Waals surface area contributed by atoms with Crippen LogP contribution >= 0.6 is 0 Å². The summed E-state index contributed by atoms with van der Waals surface area (Å²) in [4.78, 5) is 0. The molecule has 0 spiro atoms. The highest BCUT2D eigenvalue weighted by Crippen LogP contribution is 2.08. The van der Waals surface area contributed by atoms with Gasteiger partial charge in [0.15, 0.2) is 0 Å². The van der Waals surface area contributed by atoms with E-state index in [1.807, 2.05) is 0 Å². The topological polar surface area (TPSA) is 53.7 Å². The SMILES string of the molecule is COCCO[C@H]1COCC[C@H]1N. The molecule has 2 atom stereocenters. The summed E-state index contributed by atoms with van der Waals surface area (Å²) in [5.41, 5.74) is 5.82. The maximum Gasteiger partial charge on any atom is 0.0960 e. The Balaban J connectivity index is 2.11. The van der Waals surface area contributed by atoms with Crippen molar-refractivity contribution in [2.24, 2.45) is 5.73 Å². The minimum absolute atomic E-state index is 0.0499. The molecule has 0 aromatic heterocycles. The predicted octanol–water partition coefficient (Wildman–Crippen LogP) is -0.234. The van der Waals surface area contributed by atoms with Crippen molar-refractivity contribution in [1.29, 1.82) is 0 Å². The number of hydrogen-bond donors (Lipinski definition) is 1. The van der Waals surface area contributed by atoms with Crippen LogP contribution in [-0.4, -0.2) is 45.7 Å². The summed E-state index contributed by atoms with van der Waals surface area (Å²) in [6.07, 6.45) is 0.936. The van der Waals surface area contributed by atoms with Crippen LogP contribution in [0.15, 0.2) is 0 Å². The van der Waals surface area contributed by atoms with Crippen molar-refractivity contribution in [3.05, 3.63) is 0 Å². The third-order valence-electron chi connectivity index (χ3n) is 1.97. The highest BCUT2D eigenvalue weighted by Gasteiger charge is 2.22. The van der Waals surface area contributed by atoms with E-state index in [0.29, 0.717) is 19.8 Å². The fourth-order valence-electron chi connectivity index (χ4n) is 1.18. The third kappa shape index (κ3) is 3.06. The Morgan fingerprint density at radius 1 is 1.50 bits per heavy atom. The number of nitrogens with two attached hydrogens (primary N) is 1. The molecule has 0 aromatic rings. The smallest absolute Gasteiger partial charge is 0.0960 e. The molecule has 1 aliphatic rings. The summed E-state index contributed by atoms with van der Waals surface area (Å²) in [5.74, 6) is 0. The number of rotatable bonds is 4. The first kappa shape index (κ1) is 9.92. The molecule has 0 bridgehead atoms. The van der Waals surface area contributed by atoms with Crippen LogP contribution in [0.3, 0.4) is 0 Å². The molecule has 4 nitrogen and oxygen atoms in total. The van der Waals surface area contributed by atoms with Gasteiger partial charge in [0.1, 0.15) is 0 Å². The molecule has 1 heterocycles. The van der Waals surface area contributed by atoms with Crippen molar-refractivity contribution in [2.75, 3.05) is 33.5 Å². The van der Waals surface area contributed by atoms with Gasteiger partial charge in [0, 0.05) is 19.8 Å². The Morgan fingerprint density at radius 2 is 2.33 bits per heavy atom. The molecule has 4 heteroatoms. The van der Waals surface area contributed by atoms with Gasteiger partial charge in [0.25, 0.3) is 0 Å². The minimum Gasteiger partial charge on any atom is -0.382 e. The van der Waals surface area contributed by atoms with Gasteiger partial charge in [-0.15, -0.1) is 0 Å². The molecule has 12 heavy (non-hydrogen) atoms. The van der Waals surface area contributed by atoms with Gasteiger partial charge < -0.3 is 19.9 Å². The zero-order chi connectivity index (χ0) is 8.81. The average molecular weight is 175 g/mol. The molecule has 2 N–H and O–H groups in total. The summed E-state index contributed by atoms with van der Waals surface area (Å²) in [5, 5.41) is 0. The second-order valence-corrected chi connectivity index (χ2v) is 2.93. The van der Waals surface area contributed by atoms with E-state index in [1.165, 1.54) is 0 Å².